The van der Waals surface area contributed by atoms with E-state index in [1.54, 1.807) is 0 Å². The van der Waals surface area contributed by atoms with E-state index in [4.69, 9.17) is 10.6 Å². The minimum absolute atomic E-state index is 0.0801. The van der Waals surface area contributed by atoms with Crippen molar-refractivity contribution >= 4 is 11.9 Å². The number of anilines is 2. The van der Waals surface area contributed by atoms with Crippen molar-refractivity contribution in [1.29, 1.82) is 0 Å². The summed E-state index contributed by atoms with van der Waals surface area (Å²) in [5.74, 6) is 6.11. The quantitative estimate of drug-likeness (QED) is 0.518. The molecule has 0 bridgehead atoms. The zero-order valence-corrected chi connectivity index (χ0v) is 10.2. The molecule has 2 rings (SSSR count). The lowest BCUT2D eigenvalue weighted by Crippen LogP contribution is -2.42. The monoisotopic (exact) mass is 238 g/mol. The maximum atomic E-state index is 5.31. The van der Waals surface area contributed by atoms with Crippen LogP contribution in [0.2, 0.25) is 0 Å². The van der Waals surface area contributed by atoms with E-state index in [1.165, 1.54) is 6.42 Å². The van der Waals surface area contributed by atoms with Gasteiger partial charge in [0, 0.05) is 5.54 Å². The van der Waals surface area contributed by atoms with Gasteiger partial charge < -0.3 is 10.1 Å². The molecule has 1 aromatic heterocycles. The Kier molecular flexibility index (Phi) is 3.28. The number of hydrogen-bond donors (Lipinski definition) is 3. The van der Waals surface area contributed by atoms with Gasteiger partial charge in [-0.2, -0.15) is 15.0 Å². The number of hydrogen-bond acceptors (Lipinski definition) is 7. The molecule has 1 heterocycles. The molecule has 1 aliphatic rings. The van der Waals surface area contributed by atoms with E-state index < -0.39 is 0 Å². The lowest BCUT2D eigenvalue weighted by molar-refractivity contribution is 0.299. The van der Waals surface area contributed by atoms with Crippen LogP contribution in [0.15, 0.2) is 0 Å². The molecule has 1 aliphatic carbocycles. The molecular formula is C10H18N6O. The summed E-state index contributed by atoms with van der Waals surface area (Å²) in [6.45, 7) is 4.53. The first-order valence-electron chi connectivity index (χ1n) is 5.79. The number of nitrogens with two attached hydrogens (primary N) is 1. The Hall–Kier alpha value is -1.63. The lowest BCUT2D eigenvalue weighted by Gasteiger charge is -2.39. The summed E-state index contributed by atoms with van der Waals surface area (Å²) in [4.78, 5) is 12.3. The highest BCUT2D eigenvalue weighted by Crippen LogP contribution is 2.34. The second-order valence-corrected chi connectivity index (χ2v) is 4.38. The zero-order chi connectivity index (χ0) is 12.3. The van der Waals surface area contributed by atoms with Crippen LogP contribution >= 0.6 is 0 Å². The van der Waals surface area contributed by atoms with E-state index in [1.807, 2.05) is 6.92 Å². The molecule has 17 heavy (non-hydrogen) atoms. The molecule has 7 nitrogen and oxygen atoms in total. The van der Waals surface area contributed by atoms with Gasteiger partial charge in [-0.05, 0) is 33.1 Å². The van der Waals surface area contributed by atoms with Crippen molar-refractivity contribution in [2.45, 2.75) is 38.6 Å². The van der Waals surface area contributed by atoms with Crippen molar-refractivity contribution < 1.29 is 4.74 Å². The van der Waals surface area contributed by atoms with Crippen LogP contribution in [0, 0.1) is 0 Å². The van der Waals surface area contributed by atoms with Gasteiger partial charge in [0.15, 0.2) is 0 Å². The smallest absolute Gasteiger partial charge is 0.323 e. The van der Waals surface area contributed by atoms with E-state index in [2.05, 4.69) is 32.6 Å². The van der Waals surface area contributed by atoms with E-state index in [9.17, 15) is 0 Å². The summed E-state index contributed by atoms with van der Waals surface area (Å²) in [7, 11) is 0. The Balaban J connectivity index is 2.16. The Morgan fingerprint density at radius 1 is 1.29 bits per heavy atom. The van der Waals surface area contributed by atoms with Crippen LogP contribution < -0.4 is 21.3 Å². The fourth-order valence-corrected chi connectivity index (χ4v) is 1.77. The van der Waals surface area contributed by atoms with Crippen LogP contribution in [0.4, 0.5) is 11.9 Å². The normalized spacial score (nSPS) is 17.1. The molecule has 0 aliphatic heterocycles. The first-order valence-corrected chi connectivity index (χ1v) is 5.79. The molecule has 0 radical (unpaired) electrons. The Bertz CT molecular complexity index is 392. The Labute approximate surface area is 100 Å². The van der Waals surface area contributed by atoms with E-state index >= 15 is 0 Å². The summed E-state index contributed by atoms with van der Waals surface area (Å²) in [5, 5.41) is 3.29. The van der Waals surface area contributed by atoms with Crippen molar-refractivity contribution in [1.82, 2.24) is 15.0 Å². The molecule has 1 saturated carbocycles. The molecule has 4 N–H and O–H groups in total. The van der Waals surface area contributed by atoms with E-state index in [0.29, 0.717) is 18.5 Å². The number of aromatic nitrogens is 3. The molecule has 0 amide bonds. The summed E-state index contributed by atoms with van der Waals surface area (Å²) in [6.07, 6.45) is 3.47. The predicted octanol–water partition coefficient (Wildman–Crippen LogP) is 0.910. The SMILES string of the molecule is CCOc1nc(NN)nc(NC2(C)CCC2)n1. The highest BCUT2D eigenvalue weighted by atomic mass is 16.5. The fraction of sp³-hybridized carbons (Fsp3) is 0.700. The molecule has 0 aromatic carbocycles. The van der Waals surface area contributed by atoms with Crippen molar-refractivity contribution in [2.75, 3.05) is 17.3 Å². The van der Waals surface area contributed by atoms with Crippen LogP contribution in [-0.4, -0.2) is 27.1 Å². The van der Waals surface area contributed by atoms with E-state index in [0.717, 1.165) is 12.8 Å². The number of nitrogens with one attached hydrogen (secondary N) is 2. The van der Waals surface area contributed by atoms with Gasteiger partial charge in [0.2, 0.25) is 11.9 Å². The molecule has 1 aromatic rings. The molecule has 0 spiro atoms. The van der Waals surface area contributed by atoms with E-state index in [-0.39, 0.29) is 11.5 Å². The molecule has 1 fully saturated rings. The summed E-state index contributed by atoms with van der Waals surface area (Å²) >= 11 is 0. The molecular weight excluding hydrogens is 220 g/mol. The minimum atomic E-state index is 0.0801. The molecule has 0 saturated heterocycles. The van der Waals surface area contributed by atoms with Crippen LogP contribution in [-0.2, 0) is 0 Å². The number of rotatable bonds is 5. The lowest BCUT2D eigenvalue weighted by atomic mass is 9.79. The van der Waals surface area contributed by atoms with Gasteiger partial charge in [-0.1, -0.05) is 0 Å². The number of ether oxygens (including phenoxy) is 1. The van der Waals surface area contributed by atoms with Gasteiger partial charge in [0.25, 0.3) is 0 Å². The first kappa shape index (κ1) is 11.8. The number of nitrogens with zero attached hydrogens (tertiary/aromatic N) is 3. The molecule has 7 heteroatoms. The third-order valence-corrected chi connectivity index (χ3v) is 2.89. The van der Waals surface area contributed by atoms with Crippen molar-refractivity contribution in [3.63, 3.8) is 0 Å². The number of hydrazine groups is 1. The third-order valence-electron chi connectivity index (χ3n) is 2.89. The third kappa shape index (κ3) is 2.73. The maximum Gasteiger partial charge on any atom is 0.323 e. The second kappa shape index (κ2) is 4.70. The van der Waals surface area contributed by atoms with Gasteiger partial charge in [-0.25, -0.2) is 5.84 Å². The topological polar surface area (TPSA) is 98.0 Å². The van der Waals surface area contributed by atoms with Crippen LogP contribution in [0.25, 0.3) is 0 Å². The van der Waals surface area contributed by atoms with Crippen molar-refractivity contribution in [3.05, 3.63) is 0 Å². The van der Waals surface area contributed by atoms with Crippen molar-refractivity contribution in [3.8, 4) is 6.01 Å². The van der Waals surface area contributed by atoms with Crippen LogP contribution in [0.5, 0.6) is 6.01 Å². The molecule has 0 unspecified atom stereocenters. The van der Waals surface area contributed by atoms with Gasteiger partial charge in [0.05, 0.1) is 6.61 Å². The standard InChI is InChI=1S/C10H18N6O/c1-3-17-9-13-7(12-8(14-9)16-11)15-10(2)5-4-6-10/h3-6,11H2,1-2H3,(H2,12,13,14,15,16). The molecule has 94 valence electrons. The van der Waals surface area contributed by atoms with Gasteiger partial charge >= 0.3 is 6.01 Å². The average Bonchev–Trinajstić information content (AvgIpc) is 2.27. The summed E-state index contributed by atoms with van der Waals surface area (Å²) in [5.41, 5.74) is 2.49. The predicted molar refractivity (Wildman–Crippen MR) is 64.7 cm³/mol. The minimum Gasteiger partial charge on any atom is -0.464 e. The zero-order valence-electron chi connectivity index (χ0n) is 10.2. The Morgan fingerprint density at radius 2 is 2.00 bits per heavy atom. The maximum absolute atomic E-state index is 5.31. The highest BCUT2D eigenvalue weighted by molar-refractivity contribution is 5.37. The fourth-order valence-electron chi connectivity index (χ4n) is 1.77. The molecule has 0 atom stereocenters. The van der Waals surface area contributed by atoms with Gasteiger partial charge in [-0.15, -0.1) is 0 Å². The van der Waals surface area contributed by atoms with Crippen LogP contribution in [0.1, 0.15) is 33.1 Å². The highest BCUT2D eigenvalue weighted by Gasteiger charge is 2.32. The van der Waals surface area contributed by atoms with Crippen LogP contribution in [0.3, 0.4) is 0 Å². The Morgan fingerprint density at radius 3 is 2.53 bits per heavy atom. The van der Waals surface area contributed by atoms with Crippen molar-refractivity contribution in [2.24, 2.45) is 5.84 Å². The van der Waals surface area contributed by atoms with Gasteiger partial charge in [-0.3, -0.25) is 5.43 Å². The average molecular weight is 238 g/mol. The summed E-state index contributed by atoms with van der Waals surface area (Å²) < 4.78 is 5.26. The van der Waals surface area contributed by atoms with Gasteiger partial charge in [0.1, 0.15) is 0 Å². The largest absolute Gasteiger partial charge is 0.464 e. The first-order chi connectivity index (χ1) is 8.15. The second-order valence-electron chi connectivity index (χ2n) is 4.38. The summed E-state index contributed by atoms with van der Waals surface area (Å²) in [6, 6.07) is 0.279. The number of nitrogen functional groups attached to an aromatic ring is 1.